The van der Waals surface area contributed by atoms with E-state index in [9.17, 15) is 17.6 Å². The van der Waals surface area contributed by atoms with Crippen molar-refractivity contribution in [2.75, 3.05) is 0 Å². The maximum absolute atomic E-state index is 13.1. The van der Waals surface area contributed by atoms with Gasteiger partial charge in [-0.25, -0.2) is 4.39 Å². The largest absolute Gasteiger partial charge is 0.573 e. The van der Waals surface area contributed by atoms with Crippen LogP contribution in [0.3, 0.4) is 0 Å². The molecule has 0 atom stereocenters. The Balaban J connectivity index is 3.04. The van der Waals surface area contributed by atoms with Gasteiger partial charge in [0.05, 0.1) is 0 Å². The Hall–Kier alpha value is -1.52. The molecule has 0 amide bonds. The van der Waals surface area contributed by atoms with Crippen LogP contribution in [-0.4, -0.2) is 6.36 Å². The highest BCUT2D eigenvalue weighted by atomic mass is 19.4. The first-order valence-corrected chi connectivity index (χ1v) is 3.61. The molecule has 0 aliphatic carbocycles. The quantitative estimate of drug-likeness (QED) is 0.674. The predicted octanol–water partition coefficient (Wildman–Crippen LogP) is 3.37. The molecule has 0 saturated carbocycles. The lowest BCUT2D eigenvalue weighted by molar-refractivity contribution is -0.275. The van der Waals surface area contributed by atoms with Gasteiger partial charge in [0.2, 0.25) is 0 Å². The minimum atomic E-state index is -4.89. The van der Waals surface area contributed by atoms with E-state index in [0.717, 1.165) is 12.1 Å². The molecule has 76 valence electrons. The molecule has 0 heterocycles. The number of alkyl halides is 3. The molecule has 0 spiro atoms. The van der Waals surface area contributed by atoms with Crippen LogP contribution in [0.25, 0.3) is 6.08 Å². The molecule has 14 heavy (non-hydrogen) atoms. The smallest absolute Gasteiger partial charge is 0.403 e. The number of ether oxygens (including phenoxy) is 1. The molecule has 0 unspecified atom stereocenters. The Bertz CT molecular complexity index is 343. The topological polar surface area (TPSA) is 9.23 Å². The first-order chi connectivity index (χ1) is 6.44. The second-order valence-corrected chi connectivity index (χ2v) is 2.41. The van der Waals surface area contributed by atoms with Crippen LogP contribution in [0.2, 0.25) is 0 Å². The molecule has 0 radical (unpaired) electrons. The van der Waals surface area contributed by atoms with Crippen molar-refractivity contribution in [1.82, 2.24) is 0 Å². The zero-order valence-corrected chi connectivity index (χ0v) is 6.94. The molecule has 0 aliphatic rings. The SMILES string of the molecule is C=Cc1cccc(OC(F)(F)F)c1F. The van der Waals surface area contributed by atoms with Crippen LogP contribution in [0.5, 0.6) is 5.75 Å². The molecule has 0 aromatic heterocycles. The van der Waals surface area contributed by atoms with E-state index in [1.54, 1.807) is 0 Å². The maximum Gasteiger partial charge on any atom is 0.573 e. The van der Waals surface area contributed by atoms with Crippen LogP contribution in [0.1, 0.15) is 5.56 Å². The molecule has 0 bridgehead atoms. The third kappa shape index (κ3) is 2.48. The summed E-state index contributed by atoms with van der Waals surface area (Å²) in [6, 6.07) is 3.45. The van der Waals surface area contributed by atoms with E-state index in [4.69, 9.17) is 0 Å². The summed E-state index contributed by atoms with van der Waals surface area (Å²) >= 11 is 0. The standard InChI is InChI=1S/C9H6F4O/c1-2-6-4-3-5-7(8(6)10)14-9(11,12)13/h2-5H,1H2. The number of hydrogen-bond donors (Lipinski definition) is 0. The fraction of sp³-hybridized carbons (Fsp3) is 0.111. The molecule has 5 heteroatoms. The van der Waals surface area contributed by atoms with E-state index in [1.807, 2.05) is 0 Å². The zero-order chi connectivity index (χ0) is 10.8. The first kappa shape index (κ1) is 10.6. The first-order valence-electron chi connectivity index (χ1n) is 3.61. The van der Waals surface area contributed by atoms with Crippen LogP contribution in [0, 0.1) is 5.82 Å². The van der Waals surface area contributed by atoms with Gasteiger partial charge in [-0.1, -0.05) is 24.8 Å². The van der Waals surface area contributed by atoms with Crippen LogP contribution in [0.15, 0.2) is 24.8 Å². The molecule has 1 aromatic rings. The summed E-state index contributed by atoms with van der Waals surface area (Å²) in [6.45, 7) is 3.25. The lowest BCUT2D eigenvalue weighted by atomic mass is 10.2. The summed E-state index contributed by atoms with van der Waals surface area (Å²) in [5, 5.41) is 0. The van der Waals surface area contributed by atoms with Crippen LogP contribution in [-0.2, 0) is 0 Å². The van der Waals surface area contributed by atoms with Crippen LogP contribution >= 0.6 is 0 Å². The fourth-order valence-corrected chi connectivity index (χ4v) is 0.889. The molecule has 1 aromatic carbocycles. The Morgan fingerprint density at radius 1 is 1.29 bits per heavy atom. The molecule has 0 N–H and O–H groups in total. The molecule has 0 saturated heterocycles. The molecule has 0 aliphatic heterocycles. The van der Waals surface area contributed by atoms with Crippen molar-refractivity contribution in [1.29, 1.82) is 0 Å². The monoisotopic (exact) mass is 206 g/mol. The summed E-state index contributed by atoms with van der Waals surface area (Å²) in [4.78, 5) is 0. The van der Waals surface area contributed by atoms with E-state index >= 15 is 0 Å². The third-order valence-electron chi connectivity index (χ3n) is 1.44. The van der Waals surface area contributed by atoms with Gasteiger partial charge in [-0.05, 0) is 6.07 Å². The van der Waals surface area contributed by atoms with Gasteiger partial charge < -0.3 is 4.74 Å². The van der Waals surface area contributed by atoms with Crippen LogP contribution < -0.4 is 4.74 Å². The summed E-state index contributed by atoms with van der Waals surface area (Å²) < 4.78 is 51.8. The van der Waals surface area contributed by atoms with Crippen molar-refractivity contribution in [2.45, 2.75) is 6.36 Å². The van der Waals surface area contributed by atoms with E-state index in [1.165, 1.54) is 12.1 Å². The number of hydrogen-bond acceptors (Lipinski definition) is 1. The highest BCUT2D eigenvalue weighted by Crippen LogP contribution is 2.27. The van der Waals surface area contributed by atoms with E-state index in [2.05, 4.69) is 11.3 Å². The van der Waals surface area contributed by atoms with Crippen molar-refractivity contribution >= 4 is 6.08 Å². The molecular weight excluding hydrogens is 200 g/mol. The summed E-state index contributed by atoms with van der Waals surface area (Å²) in [5.74, 6) is -1.92. The van der Waals surface area contributed by atoms with Gasteiger partial charge in [-0.3, -0.25) is 0 Å². The van der Waals surface area contributed by atoms with E-state index < -0.39 is 17.9 Å². The molecule has 0 fully saturated rings. The molecular formula is C9H6F4O. The second kappa shape index (κ2) is 3.69. The molecule has 1 nitrogen and oxygen atoms in total. The minimum Gasteiger partial charge on any atom is -0.403 e. The number of rotatable bonds is 2. The van der Waals surface area contributed by atoms with Crippen molar-refractivity contribution < 1.29 is 22.3 Å². The number of benzene rings is 1. The lowest BCUT2D eigenvalue weighted by Crippen LogP contribution is -2.18. The lowest BCUT2D eigenvalue weighted by Gasteiger charge is -2.10. The van der Waals surface area contributed by atoms with Crippen LogP contribution in [0.4, 0.5) is 17.6 Å². The van der Waals surface area contributed by atoms with Gasteiger partial charge in [0.15, 0.2) is 11.6 Å². The van der Waals surface area contributed by atoms with Crippen molar-refractivity contribution in [3.8, 4) is 5.75 Å². The van der Waals surface area contributed by atoms with Gasteiger partial charge in [0, 0.05) is 5.56 Å². The van der Waals surface area contributed by atoms with Gasteiger partial charge in [0.25, 0.3) is 0 Å². The highest BCUT2D eigenvalue weighted by Gasteiger charge is 2.32. The zero-order valence-electron chi connectivity index (χ0n) is 6.94. The third-order valence-corrected chi connectivity index (χ3v) is 1.44. The Labute approximate surface area is 77.6 Å². The second-order valence-electron chi connectivity index (χ2n) is 2.41. The van der Waals surface area contributed by atoms with Gasteiger partial charge in [0.1, 0.15) is 0 Å². The van der Waals surface area contributed by atoms with Crippen molar-refractivity contribution in [2.24, 2.45) is 0 Å². The van der Waals surface area contributed by atoms with Gasteiger partial charge in [-0.2, -0.15) is 0 Å². The Morgan fingerprint density at radius 3 is 2.43 bits per heavy atom. The Kier molecular flexibility index (Phi) is 2.78. The van der Waals surface area contributed by atoms with Gasteiger partial charge in [-0.15, -0.1) is 13.2 Å². The summed E-state index contributed by atoms with van der Waals surface area (Å²) in [7, 11) is 0. The average Bonchev–Trinajstić information content (AvgIpc) is 2.06. The van der Waals surface area contributed by atoms with E-state index in [-0.39, 0.29) is 5.56 Å². The minimum absolute atomic E-state index is 0.0354. The highest BCUT2D eigenvalue weighted by molar-refractivity contribution is 5.50. The molecule has 1 rings (SSSR count). The average molecular weight is 206 g/mol. The summed E-state index contributed by atoms with van der Waals surface area (Å²) in [6.07, 6.45) is -3.78. The predicted molar refractivity (Wildman–Crippen MR) is 43.2 cm³/mol. The maximum atomic E-state index is 13.1. The van der Waals surface area contributed by atoms with Crippen molar-refractivity contribution in [3.63, 3.8) is 0 Å². The number of halogens is 4. The fourth-order valence-electron chi connectivity index (χ4n) is 0.889. The Morgan fingerprint density at radius 2 is 1.93 bits per heavy atom. The summed E-state index contributed by atoms with van der Waals surface area (Å²) in [5.41, 5.74) is -0.0354. The van der Waals surface area contributed by atoms with Crippen molar-refractivity contribution in [3.05, 3.63) is 36.2 Å². The normalized spacial score (nSPS) is 11.1. The van der Waals surface area contributed by atoms with E-state index in [0.29, 0.717) is 0 Å². The van der Waals surface area contributed by atoms with Gasteiger partial charge >= 0.3 is 6.36 Å².